The average molecular weight is 296 g/mol. The fourth-order valence-corrected chi connectivity index (χ4v) is 3.62. The summed E-state index contributed by atoms with van der Waals surface area (Å²) in [5.74, 6) is 1.22. The van der Waals surface area contributed by atoms with Crippen LogP contribution in [0.2, 0.25) is 0 Å². The molecule has 1 aliphatic carbocycles. The maximum atomic E-state index is 10.8. The maximum absolute atomic E-state index is 10.8. The normalized spacial score (nSPS) is 26.4. The van der Waals surface area contributed by atoms with Crippen LogP contribution in [0.5, 0.6) is 0 Å². The zero-order valence-corrected chi connectivity index (χ0v) is 12.7. The first-order valence-electron chi connectivity index (χ1n) is 7.47. The predicted octanol–water partition coefficient (Wildman–Crippen LogP) is 4.96. The van der Waals surface area contributed by atoms with E-state index in [-0.39, 0.29) is 16.0 Å². The fourth-order valence-electron chi connectivity index (χ4n) is 3.31. The molecule has 3 nitrogen and oxygen atoms in total. The molecule has 0 saturated heterocycles. The van der Waals surface area contributed by atoms with Gasteiger partial charge in [-0.25, -0.2) is 0 Å². The first-order valence-corrected chi connectivity index (χ1v) is 7.91. The second-order valence-electron chi connectivity index (χ2n) is 5.87. The second kappa shape index (κ2) is 7.07. The molecular formula is C16H22ClNO2. The highest BCUT2D eigenvalue weighted by Gasteiger charge is 2.29. The zero-order chi connectivity index (χ0) is 14.5. The van der Waals surface area contributed by atoms with Crippen molar-refractivity contribution in [2.75, 3.05) is 0 Å². The summed E-state index contributed by atoms with van der Waals surface area (Å²) in [6.45, 7) is 2.22. The van der Waals surface area contributed by atoms with Gasteiger partial charge in [0.25, 0.3) is 5.69 Å². The number of alkyl halides is 1. The number of hydrogen-bond acceptors (Lipinski definition) is 2. The maximum Gasteiger partial charge on any atom is 0.269 e. The highest BCUT2D eigenvalue weighted by Crippen LogP contribution is 2.37. The van der Waals surface area contributed by atoms with E-state index in [1.54, 1.807) is 18.2 Å². The molecule has 0 radical (unpaired) electrons. The molecule has 110 valence electrons. The van der Waals surface area contributed by atoms with Gasteiger partial charge in [0.1, 0.15) is 0 Å². The van der Waals surface area contributed by atoms with Crippen molar-refractivity contribution >= 4 is 17.3 Å². The molecule has 0 heterocycles. The number of non-ortho nitro benzene ring substituents is 1. The van der Waals surface area contributed by atoms with Gasteiger partial charge >= 0.3 is 0 Å². The minimum Gasteiger partial charge on any atom is -0.258 e. The molecule has 1 aromatic rings. The van der Waals surface area contributed by atoms with E-state index in [2.05, 4.69) is 6.92 Å². The molecule has 3 atom stereocenters. The summed E-state index contributed by atoms with van der Waals surface area (Å²) in [5.41, 5.74) is 1.21. The quantitative estimate of drug-likeness (QED) is 0.438. The van der Waals surface area contributed by atoms with Crippen LogP contribution in [-0.4, -0.2) is 10.3 Å². The third kappa shape index (κ3) is 3.95. The average Bonchev–Trinajstić information content (AvgIpc) is 2.43. The number of halogens is 1. The Morgan fingerprint density at radius 3 is 2.90 bits per heavy atom. The summed E-state index contributed by atoms with van der Waals surface area (Å²) in [7, 11) is 0. The molecule has 0 amide bonds. The standard InChI is InChI=1S/C16H22ClNO2/c1-2-4-12-7-8-16(17)14(9-12)10-13-5-3-6-15(11-13)18(19)20/h3,5-6,11-12,14,16H,2,4,7-10H2,1H3. The molecule has 0 aliphatic heterocycles. The van der Waals surface area contributed by atoms with Crippen molar-refractivity contribution in [2.45, 2.75) is 50.8 Å². The number of benzene rings is 1. The van der Waals surface area contributed by atoms with Crippen molar-refractivity contribution in [3.8, 4) is 0 Å². The minimum absolute atomic E-state index is 0.176. The Hall–Kier alpha value is -1.09. The molecule has 0 N–H and O–H groups in total. The summed E-state index contributed by atoms with van der Waals surface area (Å²) in [4.78, 5) is 10.5. The number of nitrogens with zero attached hydrogens (tertiary/aromatic N) is 1. The summed E-state index contributed by atoms with van der Waals surface area (Å²) < 4.78 is 0. The first-order chi connectivity index (χ1) is 9.60. The van der Waals surface area contributed by atoms with E-state index < -0.39 is 0 Å². The van der Waals surface area contributed by atoms with Crippen LogP contribution in [0.3, 0.4) is 0 Å². The molecule has 1 aliphatic rings. The van der Waals surface area contributed by atoms with Crippen molar-refractivity contribution in [1.29, 1.82) is 0 Å². The summed E-state index contributed by atoms with van der Waals surface area (Å²) in [6.07, 6.45) is 6.82. The van der Waals surface area contributed by atoms with Crippen LogP contribution < -0.4 is 0 Å². The van der Waals surface area contributed by atoms with Crippen LogP contribution >= 0.6 is 11.6 Å². The van der Waals surface area contributed by atoms with Gasteiger partial charge in [0.2, 0.25) is 0 Å². The SMILES string of the molecule is CCCC1CCC(Cl)C(Cc2cccc([N+](=O)[O-])c2)C1. The van der Waals surface area contributed by atoms with Crippen LogP contribution in [0.4, 0.5) is 5.69 Å². The van der Waals surface area contributed by atoms with Gasteiger partial charge < -0.3 is 0 Å². The summed E-state index contributed by atoms with van der Waals surface area (Å²) >= 11 is 6.47. The van der Waals surface area contributed by atoms with Gasteiger partial charge in [0, 0.05) is 17.5 Å². The van der Waals surface area contributed by atoms with Crippen LogP contribution in [0.15, 0.2) is 24.3 Å². The molecule has 1 aromatic carbocycles. The van der Waals surface area contributed by atoms with Gasteiger partial charge in [0.05, 0.1) is 4.92 Å². The molecule has 1 saturated carbocycles. The molecule has 0 spiro atoms. The Morgan fingerprint density at radius 2 is 2.20 bits per heavy atom. The highest BCUT2D eigenvalue weighted by atomic mass is 35.5. The topological polar surface area (TPSA) is 43.1 Å². The number of rotatable bonds is 5. The largest absolute Gasteiger partial charge is 0.269 e. The Labute approximate surface area is 125 Å². The number of nitro benzene ring substituents is 1. The lowest BCUT2D eigenvalue weighted by molar-refractivity contribution is -0.384. The Morgan fingerprint density at radius 1 is 1.40 bits per heavy atom. The molecule has 3 unspecified atom stereocenters. The molecule has 0 bridgehead atoms. The Balaban J connectivity index is 2.03. The lowest BCUT2D eigenvalue weighted by Gasteiger charge is -2.33. The third-order valence-electron chi connectivity index (χ3n) is 4.31. The van der Waals surface area contributed by atoms with E-state index in [1.165, 1.54) is 19.3 Å². The molecule has 1 fully saturated rings. The van der Waals surface area contributed by atoms with Crippen LogP contribution in [0.25, 0.3) is 0 Å². The number of nitro groups is 1. The Kier molecular flexibility index (Phi) is 5.41. The molecule has 20 heavy (non-hydrogen) atoms. The van der Waals surface area contributed by atoms with Crippen molar-refractivity contribution < 1.29 is 4.92 Å². The van der Waals surface area contributed by atoms with E-state index in [1.807, 2.05) is 6.07 Å². The molecule has 0 aromatic heterocycles. The highest BCUT2D eigenvalue weighted by molar-refractivity contribution is 6.20. The minimum atomic E-state index is -0.331. The first kappa shape index (κ1) is 15.3. The van der Waals surface area contributed by atoms with Gasteiger partial charge in [-0.15, -0.1) is 11.6 Å². The van der Waals surface area contributed by atoms with Crippen LogP contribution in [0, 0.1) is 22.0 Å². The fraction of sp³-hybridized carbons (Fsp3) is 0.625. The van der Waals surface area contributed by atoms with E-state index >= 15 is 0 Å². The van der Waals surface area contributed by atoms with Gasteiger partial charge in [-0.05, 0) is 43.1 Å². The molecule has 2 rings (SSSR count). The summed E-state index contributed by atoms with van der Waals surface area (Å²) in [6, 6.07) is 6.97. The molecular weight excluding hydrogens is 274 g/mol. The smallest absolute Gasteiger partial charge is 0.258 e. The van der Waals surface area contributed by atoms with Crippen LogP contribution in [0.1, 0.15) is 44.6 Å². The second-order valence-corrected chi connectivity index (χ2v) is 6.44. The van der Waals surface area contributed by atoms with E-state index in [4.69, 9.17) is 11.6 Å². The van der Waals surface area contributed by atoms with E-state index in [0.717, 1.165) is 30.7 Å². The lowest BCUT2D eigenvalue weighted by atomic mass is 9.76. The van der Waals surface area contributed by atoms with Crippen molar-refractivity contribution in [1.82, 2.24) is 0 Å². The molecule has 4 heteroatoms. The predicted molar refractivity (Wildman–Crippen MR) is 82.2 cm³/mol. The van der Waals surface area contributed by atoms with E-state index in [0.29, 0.717) is 5.92 Å². The zero-order valence-electron chi connectivity index (χ0n) is 11.9. The van der Waals surface area contributed by atoms with Gasteiger partial charge in [-0.2, -0.15) is 0 Å². The Bertz CT molecular complexity index is 464. The third-order valence-corrected chi connectivity index (χ3v) is 4.89. The van der Waals surface area contributed by atoms with Crippen molar-refractivity contribution in [3.05, 3.63) is 39.9 Å². The van der Waals surface area contributed by atoms with Crippen molar-refractivity contribution in [2.24, 2.45) is 11.8 Å². The number of hydrogen-bond donors (Lipinski definition) is 0. The monoisotopic (exact) mass is 295 g/mol. The van der Waals surface area contributed by atoms with Gasteiger partial charge in [-0.1, -0.05) is 31.9 Å². The van der Waals surface area contributed by atoms with Gasteiger partial charge in [0.15, 0.2) is 0 Å². The van der Waals surface area contributed by atoms with Gasteiger partial charge in [-0.3, -0.25) is 10.1 Å². The van der Waals surface area contributed by atoms with Crippen molar-refractivity contribution in [3.63, 3.8) is 0 Å². The van der Waals surface area contributed by atoms with E-state index in [9.17, 15) is 10.1 Å². The summed E-state index contributed by atoms with van der Waals surface area (Å²) in [5, 5.41) is 11.0. The lowest BCUT2D eigenvalue weighted by Crippen LogP contribution is -2.27. The van der Waals surface area contributed by atoms with Crippen LogP contribution in [-0.2, 0) is 6.42 Å².